The van der Waals surface area contributed by atoms with E-state index in [2.05, 4.69) is 22.5 Å². The molecule has 0 amide bonds. The number of fused-ring (bicyclic) bond motifs is 1. The lowest BCUT2D eigenvalue weighted by atomic mass is 10.0. The van der Waals surface area contributed by atoms with Crippen molar-refractivity contribution in [3.05, 3.63) is 42.1 Å². The molecule has 0 radical (unpaired) electrons. The molecule has 0 spiro atoms. The molecular formula is C15H19N3O2. The van der Waals surface area contributed by atoms with Crippen molar-refractivity contribution in [2.24, 2.45) is 5.84 Å². The number of benzene rings is 1. The van der Waals surface area contributed by atoms with Crippen molar-refractivity contribution in [2.75, 3.05) is 19.8 Å². The fourth-order valence-corrected chi connectivity index (χ4v) is 2.48. The van der Waals surface area contributed by atoms with E-state index in [0.29, 0.717) is 19.8 Å². The summed E-state index contributed by atoms with van der Waals surface area (Å²) in [5, 5.41) is 1.14. The third kappa shape index (κ3) is 2.96. The van der Waals surface area contributed by atoms with Gasteiger partial charge in [-0.2, -0.15) is 0 Å². The molecule has 1 aromatic carbocycles. The number of nitrogens with one attached hydrogen (secondary N) is 1. The summed E-state index contributed by atoms with van der Waals surface area (Å²) in [6, 6.07) is 12.2. The zero-order valence-corrected chi connectivity index (χ0v) is 11.3. The second kappa shape index (κ2) is 6.28. The smallest absolute Gasteiger partial charge is 0.0979 e. The normalized spacial score (nSPS) is 20.9. The zero-order valence-electron chi connectivity index (χ0n) is 11.3. The van der Waals surface area contributed by atoms with Gasteiger partial charge in [-0.05, 0) is 12.1 Å². The highest BCUT2D eigenvalue weighted by atomic mass is 16.6. The molecule has 1 aromatic heterocycles. The number of nitrogens with two attached hydrogens (primary N) is 1. The Balaban J connectivity index is 1.76. The molecule has 0 aliphatic carbocycles. The van der Waals surface area contributed by atoms with Crippen LogP contribution in [0.15, 0.2) is 36.4 Å². The van der Waals surface area contributed by atoms with E-state index in [1.165, 1.54) is 0 Å². The molecule has 2 heterocycles. The molecule has 1 saturated heterocycles. The number of nitrogens with zero attached hydrogens (tertiary/aromatic N) is 1. The Hall–Kier alpha value is -1.53. The van der Waals surface area contributed by atoms with E-state index in [0.717, 1.165) is 23.0 Å². The van der Waals surface area contributed by atoms with Crippen LogP contribution in [0.4, 0.5) is 0 Å². The molecule has 1 fully saturated rings. The Morgan fingerprint density at radius 3 is 2.95 bits per heavy atom. The van der Waals surface area contributed by atoms with E-state index >= 15 is 0 Å². The predicted molar refractivity (Wildman–Crippen MR) is 77.1 cm³/mol. The van der Waals surface area contributed by atoms with Gasteiger partial charge in [-0.25, -0.2) is 0 Å². The van der Waals surface area contributed by atoms with Crippen molar-refractivity contribution >= 4 is 10.9 Å². The van der Waals surface area contributed by atoms with Gasteiger partial charge in [-0.15, -0.1) is 0 Å². The minimum Gasteiger partial charge on any atom is -0.376 e. The third-order valence-electron chi connectivity index (χ3n) is 3.59. The molecule has 0 saturated carbocycles. The van der Waals surface area contributed by atoms with Gasteiger partial charge in [0.05, 0.1) is 37.5 Å². The van der Waals surface area contributed by atoms with E-state index in [9.17, 15) is 0 Å². The van der Waals surface area contributed by atoms with Crippen molar-refractivity contribution in [2.45, 2.75) is 18.6 Å². The average molecular weight is 273 g/mol. The van der Waals surface area contributed by atoms with Crippen LogP contribution in [0.25, 0.3) is 10.9 Å². The van der Waals surface area contributed by atoms with Gasteiger partial charge in [0.1, 0.15) is 0 Å². The fourth-order valence-electron chi connectivity index (χ4n) is 2.48. The summed E-state index contributed by atoms with van der Waals surface area (Å²) < 4.78 is 11.1. The van der Waals surface area contributed by atoms with Gasteiger partial charge in [-0.1, -0.05) is 24.3 Å². The van der Waals surface area contributed by atoms with E-state index < -0.39 is 0 Å². The van der Waals surface area contributed by atoms with Gasteiger partial charge < -0.3 is 9.47 Å². The highest BCUT2D eigenvalue weighted by molar-refractivity contribution is 5.78. The summed E-state index contributed by atoms with van der Waals surface area (Å²) in [6.45, 7) is 1.85. The van der Waals surface area contributed by atoms with Crippen LogP contribution in [0.3, 0.4) is 0 Å². The van der Waals surface area contributed by atoms with Crippen LogP contribution in [0, 0.1) is 0 Å². The summed E-state index contributed by atoms with van der Waals surface area (Å²) in [4.78, 5) is 4.67. The lowest BCUT2D eigenvalue weighted by molar-refractivity contribution is -0.101. The predicted octanol–water partition coefficient (Wildman–Crippen LogP) is 1.02. The minimum atomic E-state index is -0.0259. The van der Waals surface area contributed by atoms with Crippen molar-refractivity contribution in [3.8, 4) is 0 Å². The second-order valence-electron chi connectivity index (χ2n) is 4.96. The maximum atomic E-state index is 5.70. The highest BCUT2D eigenvalue weighted by Crippen LogP contribution is 2.15. The molecule has 1 aliphatic heterocycles. The summed E-state index contributed by atoms with van der Waals surface area (Å²) in [6.07, 6.45) is 0.692. The third-order valence-corrected chi connectivity index (χ3v) is 3.59. The molecule has 20 heavy (non-hydrogen) atoms. The quantitative estimate of drug-likeness (QED) is 0.643. The molecule has 3 N–H and O–H groups in total. The first-order valence-electron chi connectivity index (χ1n) is 6.87. The van der Waals surface area contributed by atoms with Gasteiger partial charge in [0.15, 0.2) is 0 Å². The fraction of sp³-hybridized carbons (Fsp3) is 0.400. The number of aromatic nitrogens is 1. The van der Waals surface area contributed by atoms with Crippen molar-refractivity contribution in [3.63, 3.8) is 0 Å². The van der Waals surface area contributed by atoms with E-state index in [1.54, 1.807) is 0 Å². The molecule has 3 rings (SSSR count). The van der Waals surface area contributed by atoms with Crippen LogP contribution in [0.2, 0.25) is 0 Å². The number of hydrogen-bond donors (Lipinski definition) is 2. The van der Waals surface area contributed by atoms with E-state index in [1.807, 2.05) is 24.3 Å². The van der Waals surface area contributed by atoms with Crippen LogP contribution < -0.4 is 11.3 Å². The van der Waals surface area contributed by atoms with Gasteiger partial charge in [0.2, 0.25) is 0 Å². The van der Waals surface area contributed by atoms with Gasteiger partial charge in [-0.3, -0.25) is 16.3 Å². The zero-order chi connectivity index (χ0) is 13.8. The SMILES string of the molecule is NNC(Cc1ccc2ccccc2n1)C1COCCO1. The minimum absolute atomic E-state index is 0.00367. The van der Waals surface area contributed by atoms with Crippen LogP contribution in [0.5, 0.6) is 0 Å². The van der Waals surface area contributed by atoms with Gasteiger partial charge >= 0.3 is 0 Å². The maximum absolute atomic E-state index is 5.70. The summed E-state index contributed by atoms with van der Waals surface area (Å²) in [7, 11) is 0. The van der Waals surface area contributed by atoms with Crippen molar-refractivity contribution < 1.29 is 9.47 Å². The van der Waals surface area contributed by atoms with Crippen LogP contribution >= 0.6 is 0 Å². The first-order chi connectivity index (χ1) is 9.86. The molecule has 2 aromatic rings. The molecule has 5 heteroatoms. The Bertz CT molecular complexity index is 570. The summed E-state index contributed by atoms with van der Waals surface area (Å²) in [5.74, 6) is 5.65. The topological polar surface area (TPSA) is 69.4 Å². The Morgan fingerprint density at radius 2 is 2.15 bits per heavy atom. The Morgan fingerprint density at radius 1 is 1.25 bits per heavy atom. The lowest BCUT2D eigenvalue weighted by Crippen LogP contribution is -2.50. The number of pyridine rings is 1. The van der Waals surface area contributed by atoms with Crippen LogP contribution in [0.1, 0.15) is 5.69 Å². The average Bonchev–Trinajstić information content (AvgIpc) is 2.53. The van der Waals surface area contributed by atoms with Crippen LogP contribution in [-0.2, 0) is 15.9 Å². The summed E-state index contributed by atoms with van der Waals surface area (Å²) >= 11 is 0. The van der Waals surface area contributed by atoms with Gasteiger partial charge in [0, 0.05) is 17.5 Å². The largest absolute Gasteiger partial charge is 0.376 e. The molecule has 5 nitrogen and oxygen atoms in total. The monoisotopic (exact) mass is 273 g/mol. The van der Waals surface area contributed by atoms with Crippen molar-refractivity contribution in [1.82, 2.24) is 10.4 Å². The molecule has 2 unspecified atom stereocenters. The molecule has 106 valence electrons. The number of para-hydroxylation sites is 1. The first kappa shape index (κ1) is 13.5. The highest BCUT2D eigenvalue weighted by Gasteiger charge is 2.24. The number of rotatable bonds is 4. The van der Waals surface area contributed by atoms with E-state index in [4.69, 9.17) is 15.3 Å². The van der Waals surface area contributed by atoms with E-state index in [-0.39, 0.29) is 12.1 Å². The molecule has 2 atom stereocenters. The standard InChI is InChI=1S/C15H19N3O2/c16-18-14(15-10-19-7-8-20-15)9-12-6-5-11-3-1-2-4-13(11)17-12/h1-6,14-15,18H,7-10,16H2. The number of ether oxygens (including phenoxy) is 2. The molecule has 1 aliphatic rings. The number of hydrogen-bond acceptors (Lipinski definition) is 5. The van der Waals surface area contributed by atoms with Crippen LogP contribution in [-0.4, -0.2) is 37.0 Å². The van der Waals surface area contributed by atoms with Gasteiger partial charge in [0.25, 0.3) is 0 Å². The number of hydrazine groups is 1. The summed E-state index contributed by atoms with van der Waals surface area (Å²) in [5.41, 5.74) is 4.83. The first-order valence-corrected chi connectivity index (χ1v) is 6.87. The molecule has 0 bridgehead atoms. The molecular weight excluding hydrogens is 254 g/mol. The second-order valence-corrected chi connectivity index (χ2v) is 4.96. The lowest BCUT2D eigenvalue weighted by Gasteiger charge is -2.29. The maximum Gasteiger partial charge on any atom is 0.0979 e. The Labute approximate surface area is 118 Å². The Kier molecular flexibility index (Phi) is 4.22. The van der Waals surface area contributed by atoms with Crippen molar-refractivity contribution in [1.29, 1.82) is 0 Å².